The van der Waals surface area contributed by atoms with Gasteiger partial charge in [-0.25, -0.2) is 0 Å². The number of carbonyl (C=O) groups is 1. The molecule has 3 N–H and O–H groups in total. The van der Waals surface area contributed by atoms with Gasteiger partial charge >= 0.3 is 0 Å². The van der Waals surface area contributed by atoms with Gasteiger partial charge in [0, 0.05) is 6.04 Å². The molecule has 2 aliphatic carbocycles. The fourth-order valence-corrected chi connectivity index (χ4v) is 4.08. The number of nitrogens with two attached hydrogens (primary N) is 1. The lowest BCUT2D eigenvalue weighted by Crippen LogP contribution is -2.57. The first-order chi connectivity index (χ1) is 10.2. The molecule has 3 nitrogen and oxygen atoms in total. The minimum absolute atomic E-state index is 0.209. The molecule has 0 heterocycles. The van der Waals surface area contributed by atoms with E-state index >= 15 is 0 Å². The summed E-state index contributed by atoms with van der Waals surface area (Å²) in [6, 6.07) is 8.73. The van der Waals surface area contributed by atoms with Crippen molar-refractivity contribution in [1.82, 2.24) is 5.32 Å². The molecule has 0 aliphatic heterocycles. The van der Waals surface area contributed by atoms with Crippen LogP contribution in [-0.2, 0) is 16.8 Å². The van der Waals surface area contributed by atoms with Gasteiger partial charge in [0.1, 0.15) is 5.54 Å². The second-order valence-electron chi connectivity index (χ2n) is 6.61. The molecule has 0 aromatic heterocycles. The Morgan fingerprint density at radius 1 is 1.10 bits per heavy atom. The van der Waals surface area contributed by atoms with Crippen LogP contribution in [0.4, 0.5) is 0 Å². The summed E-state index contributed by atoms with van der Waals surface area (Å²) >= 11 is 0. The van der Waals surface area contributed by atoms with Gasteiger partial charge in [-0.05, 0) is 43.2 Å². The first kappa shape index (κ1) is 14.6. The van der Waals surface area contributed by atoms with E-state index in [9.17, 15) is 4.79 Å². The van der Waals surface area contributed by atoms with E-state index in [0.29, 0.717) is 6.04 Å². The van der Waals surface area contributed by atoms with Gasteiger partial charge in [0.2, 0.25) is 5.91 Å². The molecule has 3 heteroatoms. The summed E-state index contributed by atoms with van der Waals surface area (Å²) in [5, 5.41) is 3.69. The SMILES string of the molecule is NC(=O)C1(NC2CCCCCC2)CCCc2ccccc21. The van der Waals surface area contributed by atoms with Crippen molar-refractivity contribution in [3.05, 3.63) is 35.4 Å². The predicted octanol–water partition coefficient (Wildman–Crippen LogP) is 3.02. The molecule has 1 atom stereocenters. The van der Waals surface area contributed by atoms with Gasteiger partial charge in [-0.3, -0.25) is 10.1 Å². The standard InChI is InChI=1S/C18H26N2O/c19-17(21)18(20-15-10-3-1-2-4-11-15)13-7-9-14-8-5-6-12-16(14)18/h5-6,8,12,15,20H,1-4,7,9-11,13H2,(H2,19,21). The summed E-state index contributed by atoms with van der Waals surface area (Å²) in [5.41, 5.74) is 7.62. The molecule has 2 aliphatic rings. The zero-order valence-corrected chi connectivity index (χ0v) is 12.7. The maximum Gasteiger partial charge on any atom is 0.242 e. The van der Waals surface area contributed by atoms with Crippen molar-refractivity contribution in [3.63, 3.8) is 0 Å². The summed E-state index contributed by atoms with van der Waals surface area (Å²) < 4.78 is 0. The topological polar surface area (TPSA) is 55.1 Å². The zero-order chi connectivity index (χ0) is 14.7. The van der Waals surface area contributed by atoms with Crippen molar-refractivity contribution in [2.24, 2.45) is 5.73 Å². The third kappa shape index (κ3) is 2.84. The van der Waals surface area contributed by atoms with Gasteiger partial charge in [0.25, 0.3) is 0 Å². The van der Waals surface area contributed by atoms with Crippen LogP contribution < -0.4 is 11.1 Å². The molecule has 1 amide bonds. The number of benzene rings is 1. The van der Waals surface area contributed by atoms with Crippen LogP contribution in [0.3, 0.4) is 0 Å². The summed E-state index contributed by atoms with van der Waals surface area (Å²) in [6.45, 7) is 0. The Kier molecular flexibility index (Phi) is 4.29. The minimum atomic E-state index is -0.649. The Morgan fingerprint density at radius 2 is 1.81 bits per heavy atom. The van der Waals surface area contributed by atoms with Crippen molar-refractivity contribution in [2.45, 2.75) is 69.4 Å². The Bertz CT molecular complexity index is 506. The van der Waals surface area contributed by atoms with Gasteiger partial charge in [0.05, 0.1) is 0 Å². The van der Waals surface area contributed by atoms with Crippen molar-refractivity contribution < 1.29 is 4.79 Å². The molecule has 3 rings (SSSR count). The van der Waals surface area contributed by atoms with Crippen molar-refractivity contribution >= 4 is 5.91 Å². The molecule has 1 aromatic rings. The number of fused-ring (bicyclic) bond motifs is 1. The third-order valence-electron chi connectivity index (χ3n) is 5.20. The Labute approximate surface area is 127 Å². The smallest absolute Gasteiger partial charge is 0.242 e. The van der Waals surface area contributed by atoms with E-state index < -0.39 is 5.54 Å². The maximum atomic E-state index is 12.4. The lowest BCUT2D eigenvalue weighted by molar-refractivity contribution is -0.126. The van der Waals surface area contributed by atoms with Crippen molar-refractivity contribution in [3.8, 4) is 0 Å². The van der Waals surface area contributed by atoms with Crippen LogP contribution in [0.1, 0.15) is 62.5 Å². The van der Waals surface area contributed by atoms with Crippen LogP contribution in [-0.4, -0.2) is 11.9 Å². The molecule has 1 aromatic carbocycles. The van der Waals surface area contributed by atoms with Gasteiger partial charge in [0.15, 0.2) is 0 Å². The van der Waals surface area contributed by atoms with E-state index in [1.807, 2.05) is 6.07 Å². The van der Waals surface area contributed by atoms with Gasteiger partial charge in [-0.1, -0.05) is 49.9 Å². The van der Waals surface area contributed by atoms with Crippen LogP contribution in [0.15, 0.2) is 24.3 Å². The number of nitrogens with one attached hydrogen (secondary N) is 1. The van der Waals surface area contributed by atoms with E-state index in [4.69, 9.17) is 5.73 Å². The van der Waals surface area contributed by atoms with E-state index in [1.54, 1.807) is 0 Å². The highest BCUT2D eigenvalue weighted by Crippen LogP contribution is 2.36. The van der Waals surface area contributed by atoms with Crippen LogP contribution in [0.2, 0.25) is 0 Å². The van der Waals surface area contributed by atoms with Crippen LogP contribution in [0, 0.1) is 0 Å². The number of primary amides is 1. The summed E-state index contributed by atoms with van der Waals surface area (Å²) in [4.78, 5) is 12.4. The minimum Gasteiger partial charge on any atom is -0.368 e. The zero-order valence-electron chi connectivity index (χ0n) is 12.7. The molecule has 0 saturated heterocycles. The average molecular weight is 286 g/mol. The molecule has 21 heavy (non-hydrogen) atoms. The van der Waals surface area contributed by atoms with Gasteiger partial charge in [-0.2, -0.15) is 0 Å². The number of amides is 1. The maximum absolute atomic E-state index is 12.4. The van der Waals surface area contributed by atoms with Crippen LogP contribution in [0.25, 0.3) is 0 Å². The normalized spacial score (nSPS) is 26.9. The van der Waals surface area contributed by atoms with Crippen molar-refractivity contribution in [1.29, 1.82) is 0 Å². The second-order valence-corrected chi connectivity index (χ2v) is 6.61. The largest absolute Gasteiger partial charge is 0.368 e. The molecule has 114 valence electrons. The first-order valence-electron chi connectivity index (χ1n) is 8.38. The van der Waals surface area contributed by atoms with E-state index in [2.05, 4.69) is 23.5 Å². The Morgan fingerprint density at radius 3 is 2.52 bits per heavy atom. The number of hydrogen-bond donors (Lipinski definition) is 2. The number of aryl methyl sites for hydroxylation is 1. The molecule has 1 saturated carbocycles. The van der Waals surface area contributed by atoms with E-state index in [1.165, 1.54) is 31.2 Å². The lowest BCUT2D eigenvalue weighted by Gasteiger charge is -2.40. The Hall–Kier alpha value is -1.35. The van der Waals surface area contributed by atoms with E-state index in [0.717, 1.165) is 37.7 Å². The molecule has 1 unspecified atom stereocenters. The Balaban J connectivity index is 1.92. The predicted molar refractivity (Wildman–Crippen MR) is 84.9 cm³/mol. The highest BCUT2D eigenvalue weighted by atomic mass is 16.1. The highest BCUT2D eigenvalue weighted by molar-refractivity contribution is 5.87. The first-order valence-corrected chi connectivity index (χ1v) is 8.38. The van der Waals surface area contributed by atoms with Crippen LogP contribution >= 0.6 is 0 Å². The molecule has 1 fully saturated rings. The molecule has 0 bridgehead atoms. The summed E-state index contributed by atoms with van der Waals surface area (Å²) in [6.07, 6.45) is 10.4. The summed E-state index contributed by atoms with van der Waals surface area (Å²) in [7, 11) is 0. The molecule has 0 radical (unpaired) electrons. The van der Waals surface area contributed by atoms with Gasteiger partial charge < -0.3 is 5.73 Å². The lowest BCUT2D eigenvalue weighted by atomic mass is 9.75. The molecular weight excluding hydrogens is 260 g/mol. The average Bonchev–Trinajstić information content (AvgIpc) is 2.76. The number of carbonyl (C=O) groups excluding carboxylic acids is 1. The summed E-state index contributed by atoms with van der Waals surface area (Å²) in [5.74, 6) is -0.209. The van der Waals surface area contributed by atoms with Crippen molar-refractivity contribution in [2.75, 3.05) is 0 Å². The monoisotopic (exact) mass is 286 g/mol. The quantitative estimate of drug-likeness (QED) is 0.839. The van der Waals surface area contributed by atoms with Gasteiger partial charge in [-0.15, -0.1) is 0 Å². The fraction of sp³-hybridized carbons (Fsp3) is 0.611. The van der Waals surface area contributed by atoms with E-state index in [-0.39, 0.29) is 5.91 Å². The van der Waals surface area contributed by atoms with Crippen LogP contribution in [0.5, 0.6) is 0 Å². The molecule has 0 spiro atoms. The third-order valence-corrected chi connectivity index (χ3v) is 5.20. The highest BCUT2D eigenvalue weighted by Gasteiger charge is 2.43. The molecular formula is C18H26N2O. The number of hydrogen-bond acceptors (Lipinski definition) is 2. The fourth-order valence-electron chi connectivity index (χ4n) is 4.08. The second kappa shape index (κ2) is 6.18. The number of rotatable bonds is 3.